The van der Waals surface area contributed by atoms with Crippen molar-refractivity contribution >= 4 is 28.4 Å². The van der Waals surface area contributed by atoms with Crippen molar-refractivity contribution in [2.75, 3.05) is 13.7 Å². The van der Waals surface area contributed by atoms with Crippen molar-refractivity contribution in [2.24, 2.45) is 5.92 Å². The number of hydrogen-bond acceptors (Lipinski definition) is 6. The van der Waals surface area contributed by atoms with Crippen molar-refractivity contribution in [2.45, 2.75) is 32.9 Å². The summed E-state index contributed by atoms with van der Waals surface area (Å²) in [5.41, 5.74) is 1.08. The van der Waals surface area contributed by atoms with Gasteiger partial charge in [0.15, 0.2) is 11.5 Å². The summed E-state index contributed by atoms with van der Waals surface area (Å²) >= 11 is 0. The van der Waals surface area contributed by atoms with Gasteiger partial charge in [0.25, 0.3) is 5.91 Å². The van der Waals surface area contributed by atoms with Crippen LogP contribution in [0.5, 0.6) is 0 Å². The maximum absolute atomic E-state index is 12.8. The lowest BCUT2D eigenvalue weighted by atomic mass is 9.99. The fourth-order valence-electron chi connectivity index (χ4n) is 3.43. The van der Waals surface area contributed by atoms with Gasteiger partial charge in [-0.15, -0.1) is 0 Å². The second kappa shape index (κ2) is 10.7. The van der Waals surface area contributed by atoms with Crippen LogP contribution in [-0.2, 0) is 20.9 Å². The van der Waals surface area contributed by atoms with Crippen molar-refractivity contribution in [3.8, 4) is 0 Å². The van der Waals surface area contributed by atoms with Crippen LogP contribution >= 0.6 is 0 Å². The molecule has 0 fully saturated rings. The predicted molar refractivity (Wildman–Crippen MR) is 119 cm³/mol. The van der Waals surface area contributed by atoms with E-state index in [2.05, 4.69) is 15.8 Å². The highest BCUT2D eigenvalue weighted by molar-refractivity contribution is 5.97. The van der Waals surface area contributed by atoms with E-state index >= 15 is 0 Å². The third-order valence-corrected chi connectivity index (χ3v) is 5.18. The van der Waals surface area contributed by atoms with Crippen LogP contribution in [0.2, 0.25) is 0 Å². The molecule has 0 saturated carbocycles. The number of ketones is 1. The Morgan fingerprint density at radius 2 is 1.88 bits per heavy atom. The Hall–Kier alpha value is -3.52. The van der Waals surface area contributed by atoms with Crippen LogP contribution in [0.15, 0.2) is 53.1 Å². The molecule has 2 N–H and O–H groups in total. The van der Waals surface area contributed by atoms with Gasteiger partial charge >= 0.3 is 0 Å². The van der Waals surface area contributed by atoms with E-state index in [9.17, 15) is 14.4 Å². The van der Waals surface area contributed by atoms with Gasteiger partial charge in [-0.2, -0.15) is 0 Å². The largest absolute Gasteiger partial charge is 0.382 e. The number of ether oxygens (including phenoxy) is 1. The summed E-state index contributed by atoms with van der Waals surface area (Å²) in [7, 11) is 1.44. The third kappa shape index (κ3) is 5.79. The normalized spacial score (nSPS) is 12.8. The van der Waals surface area contributed by atoms with E-state index < -0.39 is 17.9 Å². The van der Waals surface area contributed by atoms with Crippen molar-refractivity contribution in [3.05, 3.63) is 65.5 Å². The van der Waals surface area contributed by atoms with E-state index in [-0.39, 0.29) is 30.4 Å². The number of aryl methyl sites for hydroxylation is 1. The molecule has 2 amide bonds. The summed E-state index contributed by atoms with van der Waals surface area (Å²) in [6.07, 6.45) is -0.0342. The molecule has 2 atom stereocenters. The highest BCUT2D eigenvalue weighted by Crippen LogP contribution is 2.18. The molecule has 0 saturated heterocycles. The summed E-state index contributed by atoms with van der Waals surface area (Å²) in [6.45, 7) is 3.71. The highest BCUT2D eigenvalue weighted by Gasteiger charge is 2.26. The second-order valence-corrected chi connectivity index (χ2v) is 7.73. The lowest BCUT2D eigenvalue weighted by molar-refractivity contribution is -0.130. The summed E-state index contributed by atoms with van der Waals surface area (Å²) in [4.78, 5) is 37.7. The number of carbonyl (C=O) groups excluding carboxylic acids is 3. The van der Waals surface area contributed by atoms with Crippen molar-refractivity contribution < 1.29 is 23.6 Å². The number of benzene rings is 2. The number of amides is 2. The first kappa shape index (κ1) is 23.1. The molecule has 0 aliphatic rings. The molecular formula is C24H27N3O5. The Morgan fingerprint density at radius 3 is 2.59 bits per heavy atom. The Labute approximate surface area is 186 Å². The summed E-state index contributed by atoms with van der Waals surface area (Å²) < 4.78 is 9.97. The quantitative estimate of drug-likeness (QED) is 0.505. The summed E-state index contributed by atoms with van der Waals surface area (Å²) in [6, 6.07) is 14.5. The maximum atomic E-state index is 12.8. The molecule has 1 aromatic heterocycles. The van der Waals surface area contributed by atoms with Gasteiger partial charge in [-0.05, 0) is 23.3 Å². The fourth-order valence-corrected chi connectivity index (χ4v) is 3.43. The number of hydrogen-bond donors (Lipinski definition) is 2. The van der Waals surface area contributed by atoms with Gasteiger partial charge in [0, 0.05) is 32.1 Å². The summed E-state index contributed by atoms with van der Waals surface area (Å²) in [5, 5.41) is 11.3. The zero-order valence-corrected chi connectivity index (χ0v) is 18.4. The van der Waals surface area contributed by atoms with Crippen LogP contribution in [-0.4, -0.2) is 42.5 Å². The number of aromatic nitrogens is 1. The molecule has 2 aromatic carbocycles. The predicted octanol–water partition coefficient (Wildman–Crippen LogP) is 2.79. The molecule has 8 nitrogen and oxygen atoms in total. The fraction of sp³-hybridized carbons (Fsp3) is 0.333. The van der Waals surface area contributed by atoms with Gasteiger partial charge < -0.3 is 19.9 Å². The zero-order chi connectivity index (χ0) is 23.1. The Balaban J connectivity index is 1.57. The molecule has 0 aliphatic carbocycles. The van der Waals surface area contributed by atoms with Gasteiger partial charge in [0.2, 0.25) is 5.91 Å². The molecule has 0 radical (unpaired) electrons. The number of rotatable bonds is 10. The number of Topliss-reactive ketones (excluding diaryl/α,β-unsaturated/α-hetero) is 1. The van der Waals surface area contributed by atoms with Crippen LogP contribution in [0, 0.1) is 12.8 Å². The third-order valence-electron chi connectivity index (χ3n) is 5.18. The average Bonchev–Trinajstić information content (AvgIpc) is 3.23. The molecule has 168 valence electrons. The zero-order valence-electron chi connectivity index (χ0n) is 18.4. The van der Waals surface area contributed by atoms with Gasteiger partial charge in [0.05, 0.1) is 6.61 Å². The molecule has 0 spiro atoms. The number of fused-ring (bicyclic) bond motifs is 1. The highest BCUT2D eigenvalue weighted by atomic mass is 16.5. The van der Waals surface area contributed by atoms with Crippen LogP contribution in [0.4, 0.5) is 0 Å². The minimum atomic E-state index is -0.891. The van der Waals surface area contributed by atoms with Crippen LogP contribution < -0.4 is 10.6 Å². The van der Waals surface area contributed by atoms with Crippen LogP contribution in [0.25, 0.3) is 10.8 Å². The molecule has 3 rings (SSSR count). The molecule has 8 heteroatoms. The minimum absolute atomic E-state index is 0.00818. The van der Waals surface area contributed by atoms with Gasteiger partial charge in [-0.1, -0.05) is 54.5 Å². The van der Waals surface area contributed by atoms with E-state index in [4.69, 9.17) is 9.26 Å². The monoisotopic (exact) mass is 437 g/mol. The van der Waals surface area contributed by atoms with Gasteiger partial charge in [0.1, 0.15) is 11.8 Å². The van der Waals surface area contributed by atoms with Crippen molar-refractivity contribution in [1.29, 1.82) is 0 Å². The Bertz CT molecular complexity index is 1100. The Morgan fingerprint density at radius 1 is 1.12 bits per heavy atom. The van der Waals surface area contributed by atoms with Crippen molar-refractivity contribution in [1.82, 2.24) is 15.8 Å². The van der Waals surface area contributed by atoms with Crippen LogP contribution in [0.3, 0.4) is 0 Å². The van der Waals surface area contributed by atoms with Gasteiger partial charge in [-0.25, -0.2) is 0 Å². The SMILES string of the molecule is COC[C@H](NC(=O)c1cc(C)on1)C(=O)C[C@@H](C)C(=O)NCc1cccc2ccccc12. The van der Waals surface area contributed by atoms with E-state index in [1.54, 1.807) is 13.8 Å². The topological polar surface area (TPSA) is 111 Å². The van der Waals surface area contributed by atoms with Gasteiger partial charge in [-0.3, -0.25) is 14.4 Å². The lowest BCUT2D eigenvalue weighted by Crippen LogP contribution is -2.45. The smallest absolute Gasteiger partial charge is 0.274 e. The van der Waals surface area contributed by atoms with Crippen molar-refractivity contribution in [3.63, 3.8) is 0 Å². The van der Waals surface area contributed by atoms with E-state index in [1.807, 2.05) is 42.5 Å². The first-order chi connectivity index (χ1) is 15.4. The van der Waals surface area contributed by atoms with Crippen LogP contribution in [0.1, 0.15) is 35.2 Å². The summed E-state index contributed by atoms with van der Waals surface area (Å²) in [5.74, 6) is -1.15. The molecule has 0 unspecified atom stereocenters. The lowest BCUT2D eigenvalue weighted by Gasteiger charge is -2.18. The molecule has 1 heterocycles. The Kier molecular flexibility index (Phi) is 7.72. The number of nitrogens with one attached hydrogen (secondary N) is 2. The second-order valence-electron chi connectivity index (χ2n) is 7.73. The standard InChI is InChI=1S/C24H27N3O5/c1-15(23(29)25-13-18-9-6-8-17-7-4-5-10-19(17)18)11-22(28)21(14-31-3)26-24(30)20-12-16(2)32-27-20/h4-10,12,15,21H,11,13-14H2,1-3H3,(H,25,29)(H,26,30)/t15-,21+/m1/s1. The molecular weight excluding hydrogens is 410 g/mol. The van der Waals surface area contributed by atoms with E-state index in [1.165, 1.54) is 13.2 Å². The number of methoxy groups -OCH3 is 1. The average molecular weight is 437 g/mol. The number of nitrogens with zero attached hydrogens (tertiary/aromatic N) is 1. The minimum Gasteiger partial charge on any atom is -0.382 e. The maximum Gasteiger partial charge on any atom is 0.274 e. The first-order valence-corrected chi connectivity index (χ1v) is 10.4. The molecule has 0 aliphatic heterocycles. The van der Waals surface area contributed by atoms with E-state index in [0.717, 1.165) is 16.3 Å². The van der Waals surface area contributed by atoms with E-state index in [0.29, 0.717) is 12.3 Å². The molecule has 3 aromatic rings. The first-order valence-electron chi connectivity index (χ1n) is 10.4. The molecule has 0 bridgehead atoms. The molecule has 32 heavy (non-hydrogen) atoms. The number of carbonyl (C=O) groups is 3.